The molecule has 110 valence electrons. The molecule has 0 radical (unpaired) electrons. The van der Waals surface area contributed by atoms with E-state index in [9.17, 15) is 14.0 Å². The molecule has 1 amide bonds. The van der Waals surface area contributed by atoms with Gasteiger partial charge in [0.15, 0.2) is 0 Å². The average molecular weight is 282 g/mol. The van der Waals surface area contributed by atoms with Crippen LogP contribution in [0.4, 0.5) is 4.39 Å². The largest absolute Gasteiger partial charge is 0.465 e. The van der Waals surface area contributed by atoms with Gasteiger partial charge in [-0.2, -0.15) is 0 Å². The van der Waals surface area contributed by atoms with Crippen LogP contribution >= 0.6 is 0 Å². The van der Waals surface area contributed by atoms with Crippen molar-refractivity contribution in [1.29, 1.82) is 0 Å². The Morgan fingerprint density at radius 3 is 2.65 bits per heavy atom. The smallest absolute Gasteiger partial charge is 0.340 e. The lowest BCUT2D eigenvalue weighted by atomic mass is 10.1. The Balaban J connectivity index is 2.62. The van der Waals surface area contributed by atoms with Gasteiger partial charge >= 0.3 is 5.97 Å². The maximum absolute atomic E-state index is 13.7. The van der Waals surface area contributed by atoms with Crippen molar-refractivity contribution >= 4 is 11.9 Å². The number of benzene rings is 1. The quantitative estimate of drug-likeness (QED) is 0.796. The van der Waals surface area contributed by atoms with Crippen molar-refractivity contribution in [2.75, 3.05) is 27.7 Å². The third kappa shape index (κ3) is 4.62. The van der Waals surface area contributed by atoms with E-state index in [-0.39, 0.29) is 11.5 Å². The number of nitrogens with one attached hydrogen (secondary N) is 1. The molecule has 0 aromatic heterocycles. The van der Waals surface area contributed by atoms with Crippen LogP contribution in [0.15, 0.2) is 18.2 Å². The molecule has 0 unspecified atom stereocenters. The summed E-state index contributed by atoms with van der Waals surface area (Å²) in [6, 6.07) is 4.39. The first-order valence-corrected chi connectivity index (χ1v) is 6.23. The molecule has 1 rings (SSSR count). The van der Waals surface area contributed by atoms with Crippen molar-refractivity contribution in [1.82, 2.24) is 10.2 Å². The molecule has 1 N–H and O–H groups in total. The number of hydrogen-bond acceptors (Lipinski definition) is 4. The Bertz CT molecular complexity index is 491. The van der Waals surface area contributed by atoms with E-state index in [2.05, 4.69) is 10.1 Å². The van der Waals surface area contributed by atoms with Gasteiger partial charge in [0.1, 0.15) is 5.82 Å². The summed E-state index contributed by atoms with van der Waals surface area (Å²) in [4.78, 5) is 24.3. The van der Waals surface area contributed by atoms with Crippen molar-refractivity contribution in [2.45, 2.75) is 13.0 Å². The van der Waals surface area contributed by atoms with E-state index >= 15 is 0 Å². The van der Waals surface area contributed by atoms with Crippen LogP contribution in [-0.4, -0.2) is 44.5 Å². The SMILES string of the molecule is CNC(=O)CCN(C)Cc1ccc(C(=O)OC)c(F)c1. The molecule has 0 fully saturated rings. The molecule has 0 aliphatic carbocycles. The highest BCUT2D eigenvalue weighted by Gasteiger charge is 2.13. The number of nitrogens with zero attached hydrogens (tertiary/aromatic N) is 1. The molecule has 0 saturated heterocycles. The minimum Gasteiger partial charge on any atom is -0.465 e. The van der Waals surface area contributed by atoms with Crippen molar-refractivity contribution in [3.63, 3.8) is 0 Å². The molecule has 6 heteroatoms. The molecule has 1 aromatic carbocycles. The van der Waals surface area contributed by atoms with Gasteiger partial charge in [0.05, 0.1) is 12.7 Å². The summed E-state index contributed by atoms with van der Waals surface area (Å²) < 4.78 is 18.2. The maximum Gasteiger partial charge on any atom is 0.340 e. The molecule has 0 atom stereocenters. The third-order valence-electron chi connectivity index (χ3n) is 2.89. The molecule has 0 saturated carbocycles. The van der Waals surface area contributed by atoms with Crippen molar-refractivity contribution in [3.8, 4) is 0 Å². The van der Waals surface area contributed by atoms with E-state index < -0.39 is 11.8 Å². The lowest BCUT2D eigenvalue weighted by Crippen LogP contribution is -2.26. The highest BCUT2D eigenvalue weighted by Crippen LogP contribution is 2.13. The summed E-state index contributed by atoms with van der Waals surface area (Å²) in [5.41, 5.74) is 0.652. The molecular weight excluding hydrogens is 263 g/mol. The number of amides is 1. The van der Waals surface area contributed by atoms with Crippen molar-refractivity contribution < 1.29 is 18.7 Å². The van der Waals surface area contributed by atoms with Gasteiger partial charge < -0.3 is 15.0 Å². The molecule has 0 aliphatic heterocycles. The Labute approximate surface area is 117 Å². The highest BCUT2D eigenvalue weighted by molar-refractivity contribution is 5.89. The number of carbonyl (C=O) groups excluding carboxylic acids is 2. The topological polar surface area (TPSA) is 58.6 Å². The lowest BCUT2D eigenvalue weighted by Gasteiger charge is -2.16. The summed E-state index contributed by atoms with van der Waals surface area (Å²) in [6.07, 6.45) is 0.385. The third-order valence-corrected chi connectivity index (χ3v) is 2.89. The predicted molar refractivity (Wildman–Crippen MR) is 72.8 cm³/mol. The number of ether oxygens (including phenoxy) is 1. The normalized spacial score (nSPS) is 10.4. The van der Waals surface area contributed by atoms with Gasteiger partial charge in [-0.1, -0.05) is 6.07 Å². The average Bonchev–Trinajstić information content (AvgIpc) is 2.44. The van der Waals surface area contributed by atoms with E-state index in [1.807, 2.05) is 11.9 Å². The molecule has 5 nitrogen and oxygen atoms in total. The number of methoxy groups -OCH3 is 1. The van der Waals surface area contributed by atoms with Gasteiger partial charge in [0, 0.05) is 26.6 Å². The Hall–Kier alpha value is -1.95. The molecule has 0 aliphatic rings. The Kier molecular flexibility index (Phi) is 6.11. The summed E-state index contributed by atoms with van der Waals surface area (Å²) in [5.74, 6) is -1.33. The molecule has 1 aromatic rings. The van der Waals surface area contributed by atoms with Crippen LogP contribution in [0.3, 0.4) is 0 Å². The van der Waals surface area contributed by atoms with Gasteiger partial charge in [0.2, 0.25) is 5.91 Å². The molecule has 0 heterocycles. The number of esters is 1. The monoisotopic (exact) mass is 282 g/mol. The summed E-state index contributed by atoms with van der Waals surface area (Å²) in [7, 11) is 4.64. The lowest BCUT2D eigenvalue weighted by molar-refractivity contribution is -0.120. The summed E-state index contributed by atoms with van der Waals surface area (Å²) in [6.45, 7) is 1.06. The van der Waals surface area contributed by atoms with Gasteiger partial charge in [-0.15, -0.1) is 0 Å². The van der Waals surface area contributed by atoms with Crippen LogP contribution in [0.25, 0.3) is 0 Å². The van der Waals surface area contributed by atoms with Crippen LogP contribution in [0.2, 0.25) is 0 Å². The molecule has 20 heavy (non-hydrogen) atoms. The van der Waals surface area contributed by atoms with Crippen molar-refractivity contribution in [2.24, 2.45) is 0 Å². The van der Waals surface area contributed by atoms with E-state index in [1.165, 1.54) is 19.2 Å². The standard InChI is InChI=1S/C14H19FN2O3/c1-16-13(18)6-7-17(2)9-10-4-5-11(12(15)8-10)14(19)20-3/h4-5,8H,6-7,9H2,1-3H3,(H,16,18). The zero-order valence-corrected chi connectivity index (χ0v) is 11.9. The number of halogens is 1. The predicted octanol–water partition coefficient (Wildman–Crippen LogP) is 1.18. The Morgan fingerprint density at radius 1 is 1.40 bits per heavy atom. The fraction of sp³-hybridized carbons (Fsp3) is 0.429. The second kappa shape index (κ2) is 7.59. The highest BCUT2D eigenvalue weighted by atomic mass is 19.1. The fourth-order valence-electron chi connectivity index (χ4n) is 1.74. The first-order valence-electron chi connectivity index (χ1n) is 6.23. The zero-order chi connectivity index (χ0) is 15.1. The summed E-state index contributed by atoms with van der Waals surface area (Å²) in [5, 5.41) is 2.54. The first-order chi connectivity index (χ1) is 9.47. The second-order valence-corrected chi connectivity index (χ2v) is 4.47. The number of rotatable bonds is 6. The van der Waals surface area contributed by atoms with Crippen LogP contribution in [0.5, 0.6) is 0 Å². The Morgan fingerprint density at radius 2 is 2.10 bits per heavy atom. The van der Waals surface area contributed by atoms with Gasteiger partial charge in [-0.05, 0) is 24.7 Å². The number of hydrogen-bond donors (Lipinski definition) is 1. The molecule has 0 bridgehead atoms. The van der Waals surface area contributed by atoms with Crippen LogP contribution in [0.1, 0.15) is 22.3 Å². The fourth-order valence-corrected chi connectivity index (χ4v) is 1.74. The minimum atomic E-state index is -0.693. The number of carbonyl (C=O) groups is 2. The van der Waals surface area contributed by atoms with E-state index in [0.717, 1.165) is 5.56 Å². The van der Waals surface area contributed by atoms with Crippen LogP contribution < -0.4 is 5.32 Å². The van der Waals surface area contributed by atoms with E-state index in [1.54, 1.807) is 13.1 Å². The zero-order valence-electron chi connectivity index (χ0n) is 11.9. The van der Waals surface area contributed by atoms with E-state index in [0.29, 0.717) is 19.5 Å². The van der Waals surface area contributed by atoms with Gasteiger partial charge in [-0.3, -0.25) is 4.79 Å². The van der Waals surface area contributed by atoms with Crippen molar-refractivity contribution in [3.05, 3.63) is 35.1 Å². The summed E-state index contributed by atoms with van der Waals surface area (Å²) >= 11 is 0. The first kappa shape index (κ1) is 16.1. The molecular formula is C14H19FN2O3. The van der Waals surface area contributed by atoms with Gasteiger partial charge in [-0.25, -0.2) is 9.18 Å². The van der Waals surface area contributed by atoms with Gasteiger partial charge in [0.25, 0.3) is 0 Å². The minimum absolute atomic E-state index is 0.0379. The van der Waals surface area contributed by atoms with Crippen LogP contribution in [0, 0.1) is 5.82 Å². The van der Waals surface area contributed by atoms with E-state index in [4.69, 9.17) is 0 Å². The maximum atomic E-state index is 13.7. The second-order valence-electron chi connectivity index (χ2n) is 4.47. The van der Waals surface area contributed by atoms with Crippen LogP contribution in [-0.2, 0) is 16.1 Å². The molecule has 0 spiro atoms.